The highest BCUT2D eigenvalue weighted by Crippen LogP contribution is 2.11. The molecule has 1 unspecified atom stereocenters. The van der Waals surface area contributed by atoms with Gasteiger partial charge in [-0.15, -0.1) is 0 Å². The van der Waals surface area contributed by atoms with E-state index >= 15 is 0 Å². The van der Waals surface area contributed by atoms with Crippen LogP contribution in [0.1, 0.15) is 31.6 Å². The molecule has 1 atom stereocenters. The largest absolute Gasteiger partial charge is 0.387 e. The van der Waals surface area contributed by atoms with Crippen LogP contribution in [0.5, 0.6) is 0 Å². The molecular formula is C10H16N2O2. The van der Waals surface area contributed by atoms with Crippen LogP contribution in [0, 0.1) is 0 Å². The molecule has 4 nitrogen and oxygen atoms in total. The lowest BCUT2D eigenvalue weighted by Gasteiger charge is -2.08. The van der Waals surface area contributed by atoms with Gasteiger partial charge >= 0.3 is 0 Å². The number of nitrogens with zero attached hydrogens (tertiary/aromatic N) is 2. The molecule has 1 heterocycles. The molecule has 1 aromatic rings. The van der Waals surface area contributed by atoms with Crippen LogP contribution >= 0.6 is 0 Å². The van der Waals surface area contributed by atoms with Gasteiger partial charge in [-0.3, -0.25) is 9.97 Å². The fourth-order valence-corrected chi connectivity index (χ4v) is 1.07. The highest BCUT2D eigenvalue weighted by Gasteiger charge is 2.07. The monoisotopic (exact) mass is 196 g/mol. The average molecular weight is 196 g/mol. The van der Waals surface area contributed by atoms with E-state index in [1.165, 1.54) is 0 Å². The first kappa shape index (κ1) is 11.1. The van der Waals surface area contributed by atoms with Gasteiger partial charge in [0.15, 0.2) is 0 Å². The van der Waals surface area contributed by atoms with Crippen LogP contribution in [0.4, 0.5) is 0 Å². The molecule has 0 saturated heterocycles. The molecule has 0 aliphatic heterocycles. The number of ether oxygens (including phenoxy) is 1. The van der Waals surface area contributed by atoms with Gasteiger partial charge in [0.05, 0.1) is 18.0 Å². The van der Waals surface area contributed by atoms with Gasteiger partial charge in [-0.1, -0.05) is 6.92 Å². The van der Waals surface area contributed by atoms with Gasteiger partial charge in [0.25, 0.3) is 0 Å². The Bertz CT molecular complexity index is 241. The summed E-state index contributed by atoms with van der Waals surface area (Å²) in [5.41, 5.74) is 0.604. The van der Waals surface area contributed by atoms with E-state index < -0.39 is 6.10 Å². The molecule has 1 N–H and O–H groups in total. The van der Waals surface area contributed by atoms with Gasteiger partial charge in [0, 0.05) is 32.0 Å². The molecule has 0 spiro atoms. The highest BCUT2D eigenvalue weighted by atomic mass is 16.5. The minimum absolute atomic E-state index is 0.561. The molecule has 0 aliphatic rings. The third kappa shape index (κ3) is 3.81. The molecule has 1 aromatic heterocycles. The van der Waals surface area contributed by atoms with E-state index in [4.69, 9.17) is 4.74 Å². The normalized spacial score (nSPS) is 12.7. The third-order valence-corrected chi connectivity index (χ3v) is 1.81. The fourth-order valence-electron chi connectivity index (χ4n) is 1.07. The van der Waals surface area contributed by atoms with E-state index in [1.807, 2.05) is 0 Å². The number of aliphatic hydroxyl groups excluding tert-OH is 1. The van der Waals surface area contributed by atoms with E-state index in [2.05, 4.69) is 16.9 Å². The Morgan fingerprint density at radius 2 is 2.29 bits per heavy atom. The maximum atomic E-state index is 9.64. The minimum atomic E-state index is -0.569. The predicted molar refractivity (Wildman–Crippen MR) is 52.7 cm³/mol. The third-order valence-electron chi connectivity index (χ3n) is 1.81. The van der Waals surface area contributed by atoms with Crippen LogP contribution in [0.3, 0.4) is 0 Å². The summed E-state index contributed by atoms with van der Waals surface area (Å²) in [6, 6.07) is 0. The van der Waals surface area contributed by atoms with Crippen molar-refractivity contribution in [1.82, 2.24) is 9.97 Å². The predicted octanol–water partition coefficient (Wildman–Crippen LogP) is 1.33. The van der Waals surface area contributed by atoms with Crippen LogP contribution in [0.15, 0.2) is 18.6 Å². The van der Waals surface area contributed by atoms with Crippen LogP contribution < -0.4 is 0 Å². The number of hydrogen-bond acceptors (Lipinski definition) is 4. The molecule has 0 saturated carbocycles. The Morgan fingerprint density at radius 3 is 2.93 bits per heavy atom. The van der Waals surface area contributed by atoms with Crippen LogP contribution in [-0.4, -0.2) is 28.3 Å². The van der Waals surface area contributed by atoms with E-state index in [-0.39, 0.29) is 0 Å². The van der Waals surface area contributed by atoms with Gasteiger partial charge in [-0.2, -0.15) is 0 Å². The fraction of sp³-hybridized carbons (Fsp3) is 0.600. The van der Waals surface area contributed by atoms with E-state index in [0.717, 1.165) is 13.0 Å². The van der Waals surface area contributed by atoms with Crippen molar-refractivity contribution >= 4 is 0 Å². The first-order valence-electron chi connectivity index (χ1n) is 4.86. The Hall–Kier alpha value is -1.00. The van der Waals surface area contributed by atoms with E-state index in [0.29, 0.717) is 18.7 Å². The summed E-state index contributed by atoms with van der Waals surface area (Å²) < 4.78 is 5.27. The minimum Gasteiger partial charge on any atom is -0.387 e. The lowest BCUT2D eigenvalue weighted by Crippen LogP contribution is -2.05. The lowest BCUT2D eigenvalue weighted by atomic mass is 10.2. The van der Waals surface area contributed by atoms with Gasteiger partial charge in [-0.25, -0.2) is 0 Å². The molecule has 0 radical (unpaired) electrons. The van der Waals surface area contributed by atoms with Crippen molar-refractivity contribution in [2.24, 2.45) is 0 Å². The number of aliphatic hydroxyl groups is 1. The highest BCUT2D eigenvalue weighted by molar-refractivity contribution is 4.98. The molecule has 78 valence electrons. The summed E-state index contributed by atoms with van der Waals surface area (Å²) in [5.74, 6) is 0. The van der Waals surface area contributed by atoms with Crippen LogP contribution in [-0.2, 0) is 4.74 Å². The zero-order chi connectivity index (χ0) is 10.2. The summed E-state index contributed by atoms with van der Waals surface area (Å²) >= 11 is 0. The molecule has 0 bridgehead atoms. The summed E-state index contributed by atoms with van der Waals surface area (Å²) in [4.78, 5) is 7.90. The van der Waals surface area contributed by atoms with Gasteiger partial charge in [0.1, 0.15) is 0 Å². The maximum absolute atomic E-state index is 9.64. The van der Waals surface area contributed by atoms with Crippen molar-refractivity contribution in [3.05, 3.63) is 24.3 Å². The second kappa shape index (κ2) is 6.45. The Morgan fingerprint density at radius 1 is 1.43 bits per heavy atom. The molecule has 0 aliphatic carbocycles. The van der Waals surface area contributed by atoms with Crippen molar-refractivity contribution in [1.29, 1.82) is 0 Å². The van der Waals surface area contributed by atoms with Gasteiger partial charge in [-0.05, 0) is 6.42 Å². The summed E-state index contributed by atoms with van der Waals surface area (Å²) in [6.45, 7) is 3.36. The van der Waals surface area contributed by atoms with Gasteiger partial charge < -0.3 is 9.84 Å². The quantitative estimate of drug-likeness (QED) is 0.697. The lowest BCUT2D eigenvalue weighted by molar-refractivity contribution is 0.0802. The Kier molecular flexibility index (Phi) is 5.11. The van der Waals surface area contributed by atoms with Crippen molar-refractivity contribution in [2.45, 2.75) is 25.9 Å². The van der Waals surface area contributed by atoms with Crippen molar-refractivity contribution in [3.8, 4) is 0 Å². The zero-order valence-corrected chi connectivity index (χ0v) is 8.39. The SMILES string of the molecule is CCCOCCC(O)c1cnccn1. The molecule has 4 heteroatoms. The molecule has 0 aromatic carbocycles. The first-order valence-corrected chi connectivity index (χ1v) is 4.86. The first-order chi connectivity index (χ1) is 6.84. The van der Waals surface area contributed by atoms with Crippen LogP contribution in [0.25, 0.3) is 0 Å². The smallest absolute Gasteiger partial charge is 0.0997 e. The Labute approximate surface area is 84.0 Å². The molecule has 0 fully saturated rings. The number of rotatable bonds is 6. The van der Waals surface area contributed by atoms with E-state index in [9.17, 15) is 5.11 Å². The maximum Gasteiger partial charge on any atom is 0.0997 e. The molecule has 0 amide bonds. The summed E-state index contributed by atoms with van der Waals surface area (Å²) in [6.07, 6.45) is 5.74. The van der Waals surface area contributed by atoms with Gasteiger partial charge in [0.2, 0.25) is 0 Å². The topological polar surface area (TPSA) is 55.2 Å². The molecular weight excluding hydrogens is 180 g/mol. The van der Waals surface area contributed by atoms with E-state index in [1.54, 1.807) is 18.6 Å². The van der Waals surface area contributed by atoms with Crippen LogP contribution in [0.2, 0.25) is 0 Å². The second-order valence-corrected chi connectivity index (χ2v) is 3.05. The van der Waals surface area contributed by atoms with Crippen molar-refractivity contribution in [2.75, 3.05) is 13.2 Å². The zero-order valence-electron chi connectivity index (χ0n) is 8.39. The second-order valence-electron chi connectivity index (χ2n) is 3.05. The number of aromatic nitrogens is 2. The van der Waals surface area contributed by atoms with Crippen molar-refractivity contribution in [3.63, 3.8) is 0 Å². The summed E-state index contributed by atoms with van der Waals surface area (Å²) in [7, 11) is 0. The average Bonchev–Trinajstić information content (AvgIpc) is 2.25. The Balaban J connectivity index is 2.25. The molecule has 14 heavy (non-hydrogen) atoms. The standard InChI is InChI=1S/C10H16N2O2/c1-2-6-14-7-3-10(13)9-8-11-4-5-12-9/h4-5,8,10,13H,2-3,6-7H2,1H3. The molecule has 1 rings (SSSR count). The number of hydrogen-bond donors (Lipinski definition) is 1. The summed E-state index contributed by atoms with van der Waals surface area (Å²) in [5, 5.41) is 9.64. The van der Waals surface area contributed by atoms with Crippen molar-refractivity contribution < 1.29 is 9.84 Å².